The summed E-state index contributed by atoms with van der Waals surface area (Å²) < 4.78 is 5.32. The van der Waals surface area contributed by atoms with E-state index >= 15 is 0 Å². The second-order valence-corrected chi connectivity index (χ2v) is 5.00. The third-order valence-corrected chi connectivity index (χ3v) is 3.67. The predicted octanol–water partition coefficient (Wildman–Crippen LogP) is 1.65. The maximum Gasteiger partial charge on any atom is 0.105 e. The van der Waals surface area contributed by atoms with Crippen molar-refractivity contribution in [3.05, 3.63) is 24.2 Å². The summed E-state index contributed by atoms with van der Waals surface area (Å²) in [6, 6.07) is 5.64. The molecular formula is C13H20N2O. The monoisotopic (exact) mass is 220 g/mol. The quantitative estimate of drug-likeness (QED) is 0.818. The largest absolute Gasteiger partial charge is 0.469 e. The molecule has 0 radical (unpaired) electrons. The summed E-state index contributed by atoms with van der Waals surface area (Å²) in [7, 11) is 0. The van der Waals surface area contributed by atoms with Crippen LogP contribution in [0, 0.1) is 0 Å². The number of furan rings is 1. The lowest BCUT2D eigenvalue weighted by Gasteiger charge is -2.15. The third-order valence-electron chi connectivity index (χ3n) is 3.67. The molecule has 1 aliphatic heterocycles. The molecule has 1 unspecified atom stereocenters. The van der Waals surface area contributed by atoms with E-state index in [2.05, 4.69) is 10.2 Å². The minimum Gasteiger partial charge on any atom is -0.469 e. The molecule has 1 N–H and O–H groups in total. The second-order valence-electron chi connectivity index (χ2n) is 5.00. The Balaban J connectivity index is 1.36. The Morgan fingerprint density at radius 1 is 1.38 bits per heavy atom. The molecule has 3 rings (SSSR count). The highest BCUT2D eigenvalue weighted by molar-refractivity contribution is 4.99. The highest BCUT2D eigenvalue weighted by atomic mass is 16.3. The number of nitrogens with zero attached hydrogens (tertiary/aromatic N) is 1. The van der Waals surface area contributed by atoms with Gasteiger partial charge in [-0.15, -0.1) is 0 Å². The highest BCUT2D eigenvalue weighted by Crippen LogP contribution is 2.29. The molecule has 2 heterocycles. The molecule has 1 aromatic heterocycles. The van der Waals surface area contributed by atoms with Gasteiger partial charge in [-0.1, -0.05) is 0 Å². The normalized spacial score (nSPS) is 26.4. The van der Waals surface area contributed by atoms with E-state index < -0.39 is 0 Å². The number of nitrogens with one attached hydrogen (secondary N) is 1. The van der Waals surface area contributed by atoms with Gasteiger partial charge in [0.15, 0.2) is 0 Å². The Labute approximate surface area is 96.8 Å². The molecule has 0 spiro atoms. The van der Waals surface area contributed by atoms with Gasteiger partial charge in [0, 0.05) is 38.1 Å². The molecule has 16 heavy (non-hydrogen) atoms. The summed E-state index contributed by atoms with van der Waals surface area (Å²) in [5, 5.41) is 3.63. The van der Waals surface area contributed by atoms with E-state index in [1.165, 1.54) is 32.4 Å². The van der Waals surface area contributed by atoms with E-state index in [-0.39, 0.29) is 0 Å². The van der Waals surface area contributed by atoms with Crippen LogP contribution in [-0.4, -0.2) is 36.6 Å². The van der Waals surface area contributed by atoms with Gasteiger partial charge >= 0.3 is 0 Å². The number of rotatable bonds is 5. The third kappa shape index (κ3) is 2.47. The van der Waals surface area contributed by atoms with E-state index in [0.29, 0.717) is 6.04 Å². The maximum absolute atomic E-state index is 5.32. The van der Waals surface area contributed by atoms with Gasteiger partial charge in [0.2, 0.25) is 0 Å². The summed E-state index contributed by atoms with van der Waals surface area (Å²) in [6.07, 6.45) is 6.93. The standard InChI is InChI=1S/C13H20N2O/c1-2-13(16-9-1)5-7-14-11-6-8-15(10-11)12-3-4-12/h1-2,9,11-12,14H,3-8,10H2. The Morgan fingerprint density at radius 2 is 2.31 bits per heavy atom. The van der Waals surface area contributed by atoms with Crippen LogP contribution >= 0.6 is 0 Å². The minimum atomic E-state index is 0.704. The van der Waals surface area contributed by atoms with E-state index in [1.54, 1.807) is 6.26 Å². The van der Waals surface area contributed by atoms with Gasteiger partial charge in [0.05, 0.1) is 6.26 Å². The van der Waals surface area contributed by atoms with Gasteiger partial charge < -0.3 is 9.73 Å². The Kier molecular flexibility index (Phi) is 2.98. The molecule has 3 heteroatoms. The van der Waals surface area contributed by atoms with Crippen molar-refractivity contribution >= 4 is 0 Å². The van der Waals surface area contributed by atoms with Crippen LogP contribution < -0.4 is 5.32 Å². The van der Waals surface area contributed by atoms with Crippen LogP contribution in [0.4, 0.5) is 0 Å². The number of likely N-dealkylation sites (tertiary alicyclic amines) is 1. The zero-order valence-corrected chi connectivity index (χ0v) is 9.69. The summed E-state index contributed by atoms with van der Waals surface area (Å²) in [6.45, 7) is 3.59. The van der Waals surface area contributed by atoms with Crippen molar-refractivity contribution in [3.63, 3.8) is 0 Å². The van der Waals surface area contributed by atoms with Crippen molar-refractivity contribution in [2.45, 2.75) is 37.8 Å². The molecule has 2 aliphatic rings. The summed E-state index contributed by atoms with van der Waals surface area (Å²) in [5.41, 5.74) is 0. The smallest absolute Gasteiger partial charge is 0.105 e. The van der Waals surface area contributed by atoms with Crippen LogP contribution in [0.5, 0.6) is 0 Å². The average Bonchev–Trinajstić information content (AvgIpc) is 2.83. The zero-order chi connectivity index (χ0) is 10.8. The molecular weight excluding hydrogens is 200 g/mol. The fourth-order valence-corrected chi connectivity index (χ4v) is 2.58. The first kappa shape index (κ1) is 10.4. The van der Waals surface area contributed by atoms with Crippen LogP contribution in [0.15, 0.2) is 22.8 Å². The van der Waals surface area contributed by atoms with Crippen molar-refractivity contribution in [1.29, 1.82) is 0 Å². The van der Waals surface area contributed by atoms with Gasteiger partial charge in [0.25, 0.3) is 0 Å². The summed E-state index contributed by atoms with van der Waals surface area (Å²) >= 11 is 0. The first-order valence-electron chi connectivity index (χ1n) is 6.41. The molecule has 1 aromatic rings. The zero-order valence-electron chi connectivity index (χ0n) is 9.69. The molecule has 2 fully saturated rings. The van der Waals surface area contributed by atoms with Crippen molar-refractivity contribution in [1.82, 2.24) is 10.2 Å². The van der Waals surface area contributed by atoms with Crippen molar-refractivity contribution < 1.29 is 4.42 Å². The first-order valence-corrected chi connectivity index (χ1v) is 6.41. The van der Waals surface area contributed by atoms with Crippen LogP contribution in [-0.2, 0) is 6.42 Å². The number of hydrogen-bond acceptors (Lipinski definition) is 3. The van der Waals surface area contributed by atoms with Gasteiger partial charge in [-0.3, -0.25) is 4.90 Å². The van der Waals surface area contributed by atoms with Gasteiger partial charge in [-0.25, -0.2) is 0 Å². The first-order chi connectivity index (χ1) is 7.92. The molecule has 1 aliphatic carbocycles. The lowest BCUT2D eigenvalue weighted by molar-refractivity contribution is 0.317. The van der Waals surface area contributed by atoms with E-state index in [0.717, 1.165) is 24.8 Å². The number of hydrogen-bond donors (Lipinski definition) is 1. The van der Waals surface area contributed by atoms with E-state index in [4.69, 9.17) is 4.42 Å². The van der Waals surface area contributed by atoms with E-state index in [9.17, 15) is 0 Å². The maximum atomic E-state index is 5.32. The predicted molar refractivity (Wildman–Crippen MR) is 63.4 cm³/mol. The van der Waals surface area contributed by atoms with Gasteiger partial charge in [-0.2, -0.15) is 0 Å². The van der Waals surface area contributed by atoms with Crippen molar-refractivity contribution in [3.8, 4) is 0 Å². The molecule has 1 atom stereocenters. The second kappa shape index (κ2) is 4.60. The van der Waals surface area contributed by atoms with Crippen LogP contribution in [0.2, 0.25) is 0 Å². The van der Waals surface area contributed by atoms with Crippen LogP contribution in [0.3, 0.4) is 0 Å². The molecule has 0 bridgehead atoms. The highest BCUT2D eigenvalue weighted by Gasteiger charge is 2.33. The molecule has 88 valence electrons. The SMILES string of the molecule is c1coc(CCNC2CCN(C3CC3)C2)c1. The Bertz CT molecular complexity index is 319. The molecule has 0 aromatic carbocycles. The summed E-state index contributed by atoms with van der Waals surface area (Å²) in [5.74, 6) is 1.09. The fourth-order valence-electron chi connectivity index (χ4n) is 2.58. The van der Waals surface area contributed by atoms with Crippen LogP contribution in [0.25, 0.3) is 0 Å². The summed E-state index contributed by atoms with van der Waals surface area (Å²) in [4.78, 5) is 2.64. The molecule has 1 saturated carbocycles. The Morgan fingerprint density at radius 3 is 3.06 bits per heavy atom. The lowest BCUT2D eigenvalue weighted by atomic mass is 10.2. The molecule has 1 saturated heterocycles. The van der Waals surface area contributed by atoms with Gasteiger partial charge in [0.1, 0.15) is 5.76 Å². The fraction of sp³-hybridized carbons (Fsp3) is 0.692. The van der Waals surface area contributed by atoms with Crippen molar-refractivity contribution in [2.24, 2.45) is 0 Å². The van der Waals surface area contributed by atoms with E-state index in [1.807, 2.05) is 12.1 Å². The van der Waals surface area contributed by atoms with Crippen LogP contribution in [0.1, 0.15) is 25.0 Å². The average molecular weight is 220 g/mol. The minimum absolute atomic E-state index is 0.704. The Hall–Kier alpha value is -0.800. The van der Waals surface area contributed by atoms with Crippen molar-refractivity contribution in [2.75, 3.05) is 19.6 Å². The van der Waals surface area contributed by atoms with Gasteiger partial charge in [-0.05, 0) is 31.4 Å². The lowest BCUT2D eigenvalue weighted by Crippen LogP contribution is -2.34. The molecule has 3 nitrogen and oxygen atoms in total. The topological polar surface area (TPSA) is 28.4 Å². The molecule has 0 amide bonds.